The highest BCUT2D eigenvalue weighted by molar-refractivity contribution is 5.83. The van der Waals surface area contributed by atoms with Crippen LogP contribution in [-0.4, -0.2) is 59.0 Å². The largest absolute Gasteiger partial charge is 0.481 e. The maximum atomic E-state index is 12.0. The first-order chi connectivity index (χ1) is 8.16. The zero-order valence-electron chi connectivity index (χ0n) is 11.2. The van der Waals surface area contributed by atoms with Crippen LogP contribution in [0.1, 0.15) is 20.8 Å². The van der Waals surface area contributed by atoms with E-state index in [0.717, 1.165) is 0 Å². The molecule has 18 heavy (non-hydrogen) atoms. The number of hydrogen-bond donors (Lipinski definition) is 2. The summed E-state index contributed by atoms with van der Waals surface area (Å²) in [4.78, 5) is 36.2. The first-order valence-corrected chi connectivity index (χ1v) is 5.69. The topological polar surface area (TPSA) is 104 Å². The molecule has 0 fully saturated rings. The first kappa shape index (κ1) is 16.2. The number of hydrogen-bond acceptors (Lipinski definition) is 3. The number of nitrogens with two attached hydrogens (primary N) is 1. The van der Waals surface area contributed by atoms with E-state index in [9.17, 15) is 14.4 Å². The molecule has 7 heteroatoms. The maximum Gasteiger partial charge on any atom is 0.320 e. The highest BCUT2D eigenvalue weighted by Gasteiger charge is 2.24. The van der Waals surface area contributed by atoms with Crippen LogP contribution in [0, 0.1) is 5.92 Å². The molecule has 104 valence electrons. The van der Waals surface area contributed by atoms with Crippen molar-refractivity contribution in [3.05, 3.63) is 0 Å². The van der Waals surface area contributed by atoms with Crippen molar-refractivity contribution in [2.45, 2.75) is 26.8 Å². The van der Waals surface area contributed by atoms with Gasteiger partial charge in [-0.05, 0) is 13.8 Å². The Balaban J connectivity index is 4.66. The number of carboxylic acid groups (broad SMARTS) is 1. The van der Waals surface area contributed by atoms with Crippen molar-refractivity contribution in [3.63, 3.8) is 0 Å². The molecule has 0 saturated heterocycles. The van der Waals surface area contributed by atoms with Crippen LogP contribution in [0.25, 0.3) is 0 Å². The van der Waals surface area contributed by atoms with E-state index in [1.807, 2.05) is 0 Å². The van der Waals surface area contributed by atoms with E-state index in [1.54, 1.807) is 13.8 Å². The summed E-state index contributed by atoms with van der Waals surface area (Å²) in [6.07, 6.45) is 0. The summed E-state index contributed by atoms with van der Waals surface area (Å²) in [5, 5.41) is 8.78. The third-order valence-electron chi connectivity index (χ3n) is 2.49. The minimum atomic E-state index is -0.972. The third-order valence-corrected chi connectivity index (χ3v) is 2.49. The Morgan fingerprint density at radius 1 is 1.22 bits per heavy atom. The van der Waals surface area contributed by atoms with Crippen molar-refractivity contribution >= 4 is 17.9 Å². The van der Waals surface area contributed by atoms with Crippen LogP contribution in [0.15, 0.2) is 0 Å². The molecule has 1 atom stereocenters. The molecule has 0 aromatic rings. The van der Waals surface area contributed by atoms with E-state index in [0.29, 0.717) is 0 Å². The number of rotatable bonds is 6. The fourth-order valence-electron chi connectivity index (χ4n) is 1.43. The minimum absolute atomic E-state index is 0.0795. The summed E-state index contributed by atoms with van der Waals surface area (Å²) < 4.78 is 0. The van der Waals surface area contributed by atoms with Gasteiger partial charge in [-0.2, -0.15) is 0 Å². The average molecular weight is 259 g/mol. The summed E-state index contributed by atoms with van der Waals surface area (Å²) in [7, 11) is 1.50. The Bertz CT molecular complexity index is 330. The van der Waals surface area contributed by atoms with Crippen molar-refractivity contribution < 1.29 is 19.5 Å². The van der Waals surface area contributed by atoms with Gasteiger partial charge in [0.25, 0.3) is 0 Å². The van der Waals surface area contributed by atoms with Crippen LogP contribution in [0.2, 0.25) is 0 Å². The number of carbonyl (C=O) groups is 3. The van der Waals surface area contributed by atoms with E-state index >= 15 is 0 Å². The Labute approximate surface area is 107 Å². The molecular weight excluding hydrogens is 238 g/mol. The van der Waals surface area contributed by atoms with Gasteiger partial charge in [0, 0.05) is 19.6 Å². The van der Waals surface area contributed by atoms with Crippen LogP contribution < -0.4 is 5.73 Å². The van der Waals surface area contributed by atoms with E-state index in [1.165, 1.54) is 23.8 Å². The summed E-state index contributed by atoms with van der Waals surface area (Å²) in [5.74, 6) is -2.24. The van der Waals surface area contributed by atoms with E-state index in [4.69, 9.17) is 10.8 Å². The van der Waals surface area contributed by atoms with Crippen LogP contribution in [0.4, 0.5) is 4.79 Å². The Morgan fingerprint density at radius 3 is 2.06 bits per heavy atom. The van der Waals surface area contributed by atoms with Gasteiger partial charge >= 0.3 is 12.0 Å². The molecule has 0 rings (SSSR count). The van der Waals surface area contributed by atoms with E-state index in [2.05, 4.69) is 0 Å². The van der Waals surface area contributed by atoms with Gasteiger partial charge in [-0.3, -0.25) is 9.59 Å². The number of nitrogens with zero attached hydrogens (tertiary/aromatic N) is 2. The van der Waals surface area contributed by atoms with Gasteiger partial charge in [0.15, 0.2) is 0 Å². The van der Waals surface area contributed by atoms with Crippen molar-refractivity contribution in [3.8, 4) is 0 Å². The fraction of sp³-hybridized carbons (Fsp3) is 0.727. The van der Waals surface area contributed by atoms with E-state index < -0.39 is 23.8 Å². The zero-order valence-corrected chi connectivity index (χ0v) is 11.2. The molecule has 7 nitrogen and oxygen atoms in total. The molecule has 0 aliphatic heterocycles. The minimum Gasteiger partial charge on any atom is -0.481 e. The molecule has 1 unspecified atom stereocenters. The SMILES string of the molecule is CC(CN(C)C(=O)N(CC(N)=O)C(C)C)C(=O)O. The van der Waals surface area contributed by atoms with Crippen molar-refractivity contribution in [2.24, 2.45) is 11.7 Å². The number of carbonyl (C=O) groups excluding carboxylic acids is 2. The van der Waals surface area contributed by atoms with Crippen LogP contribution >= 0.6 is 0 Å². The first-order valence-electron chi connectivity index (χ1n) is 5.69. The second-order valence-corrected chi connectivity index (χ2v) is 4.59. The van der Waals surface area contributed by atoms with Gasteiger partial charge in [-0.15, -0.1) is 0 Å². The van der Waals surface area contributed by atoms with Crippen molar-refractivity contribution in [1.82, 2.24) is 9.80 Å². The van der Waals surface area contributed by atoms with Crippen molar-refractivity contribution in [2.75, 3.05) is 20.1 Å². The number of aliphatic carboxylic acids is 1. The molecule has 0 aromatic carbocycles. The fourth-order valence-corrected chi connectivity index (χ4v) is 1.43. The lowest BCUT2D eigenvalue weighted by Gasteiger charge is -2.31. The predicted octanol–water partition coefficient (Wildman–Crippen LogP) is -0.0454. The lowest BCUT2D eigenvalue weighted by atomic mass is 10.2. The summed E-state index contributed by atoms with van der Waals surface area (Å²) >= 11 is 0. The van der Waals surface area contributed by atoms with Gasteiger partial charge in [-0.25, -0.2) is 4.79 Å². The molecule has 0 saturated carbocycles. The van der Waals surface area contributed by atoms with Crippen molar-refractivity contribution in [1.29, 1.82) is 0 Å². The molecule has 0 radical (unpaired) electrons. The Morgan fingerprint density at radius 2 is 1.72 bits per heavy atom. The van der Waals surface area contributed by atoms with Gasteiger partial charge in [-0.1, -0.05) is 6.92 Å². The summed E-state index contributed by atoms with van der Waals surface area (Å²) in [6, 6.07) is -0.593. The normalized spacial score (nSPS) is 12.1. The molecule has 3 N–H and O–H groups in total. The van der Waals surface area contributed by atoms with Gasteiger partial charge in [0.1, 0.15) is 6.54 Å². The smallest absolute Gasteiger partial charge is 0.320 e. The molecule has 0 aromatic heterocycles. The van der Waals surface area contributed by atoms with Crippen LogP contribution in [-0.2, 0) is 9.59 Å². The van der Waals surface area contributed by atoms with Gasteiger partial charge in [0.05, 0.1) is 5.92 Å². The highest BCUT2D eigenvalue weighted by Crippen LogP contribution is 2.06. The average Bonchev–Trinajstić information content (AvgIpc) is 2.23. The molecular formula is C11H21N3O4. The van der Waals surface area contributed by atoms with Gasteiger partial charge < -0.3 is 20.6 Å². The number of amides is 3. The standard InChI is InChI=1S/C11H21N3O4/c1-7(2)14(6-9(12)15)11(18)13(4)5-8(3)10(16)17/h7-8H,5-6H2,1-4H3,(H2,12,15)(H,16,17). The zero-order chi connectivity index (χ0) is 14.5. The number of urea groups is 1. The molecule has 0 bridgehead atoms. The molecule has 0 aliphatic carbocycles. The molecule has 0 spiro atoms. The van der Waals surface area contributed by atoms with E-state index in [-0.39, 0.29) is 19.1 Å². The number of primary amides is 1. The second-order valence-electron chi connectivity index (χ2n) is 4.59. The Hall–Kier alpha value is -1.79. The van der Waals surface area contributed by atoms with Crippen LogP contribution in [0.5, 0.6) is 0 Å². The lowest BCUT2D eigenvalue weighted by Crippen LogP contribution is -2.49. The quantitative estimate of drug-likeness (QED) is 0.698. The third kappa shape index (κ3) is 5.03. The molecule has 0 heterocycles. The van der Waals surface area contributed by atoms with Gasteiger partial charge in [0.2, 0.25) is 5.91 Å². The summed E-state index contributed by atoms with van der Waals surface area (Å²) in [6.45, 7) is 4.93. The molecule has 3 amide bonds. The lowest BCUT2D eigenvalue weighted by molar-refractivity contribution is -0.141. The predicted molar refractivity (Wildman–Crippen MR) is 65.9 cm³/mol. The summed E-state index contributed by atoms with van der Waals surface area (Å²) in [5.41, 5.74) is 5.07. The monoisotopic (exact) mass is 259 g/mol. The molecule has 0 aliphatic rings. The second kappa shape index (κ2) is 6.83. The van der Waals surface area contributed by atoms with Crippen LogP contribution in [0.3, 0.4) is 0 Å². The highest BCUT2D eigenvalue weighted by atomic mass is 16.4. The maximum absolute atomic E-state index is 12.0. The number of carboxylic acids is 1. The Kier molecular flexibility index (Phi) is 6.15.